The Balaban J connectivity index is 1.69. The molecule has 0 unspecified atom stereocenters. The van der Waals surface area contributed by atoms with Gasteiger partial charge in [0.15, 0.2) is 0 Å². The summed E-state index contributed by atoms with van der Waals surface area (Å²) in [6, 6.07) is 11.0. The molecular weight excluding hydrogens is 382 g/mol. The lowest BCUT2D eigenvalue weighted by Gasteiger charge is -2.17. The highest BCUT2D eigenvalue weighted by Crippen LogP contribution is 2.42. The number of fused-ring (bicyclic) bond motifs is 1. The topological polar surface area (TPSA) is 39.9 Å². The number of benzene rings is 2. The molecule has 1 aliphatic heterocycles. The number of imidazole rings is 1. The van der Waals surface area contributed by atoms with Gasteiger partial charge < -0.3 is 4.74 Å². The molecule has 4 heteroatoms. The average molecular weight is 410 g/mol. The molecule has 0 aliphatic carbocycles. The van der Waals surface area contributed by atoms with Crippen molar-refractivity contribution in [2.75, 3.05) is 6.61 Å². The second kappa shape index (κ2) is 7.38. The molecule has 4 aromatic rings. The lowest BCUT2D eigenvalue weighted by atomic mass is 9.96. The van der Waals surface area contributed by atoms with Crippen molar-refractivity contribution < 1.29 is 4.74 Å². The molecule has 0 spiro atoms. The van der Waals surface area contributed by atoms with Gasteiger partial charge in [0.1, 0.15) is 11.6 Å². The van der Waals surface area contributed by atoms with E-state index in [1.54, 1.807) is 0 Å². The molecule has 156 valence electrons. The predicted octanol–water partition coefficient (Wildman–Crippen LogP) is 6.08. The van der Waals surface area contributed by atoms with Crippen LogP contribution in [0.5, 0.6) is 5.75 Å². The van der Waals surface area contributed by atoms with Crippen LogP contribution in [0.25, 0.3) is 28.3 Å². The van der Waals surface area contributed by atoms with E-state index < -0.39 is 0 Å². The molecule has 0 atom stereocenters. The van der Waals surface area contributed by atoms with Crippen molar-refractivity contribution in [1.29, 1.82) is 0 Å². The molecule has 0 saturated heterocycles. The number of aromatic nitrogens is 3. The fourth-order valence-corrected chi connectivity index (χ4v) is 4.81. The van der Waals surface area contributed by atoms with Gasteiger partial charge in [-0.1, -0.05) is 35.4 Å². The molecule has 0 saturated carbocycles. The van der Waals surface area contributed by atoms with E-state index in [9.17, 15) is 0 Å². The minimum atomic E-state index is 0.676. The Bertz CT molecular complexity index is 1290. The van der Waals surface area contributed by atoms with Crippen molar-refractivity contribution >= 4 is 0 Å². The van der Waals surface area contributed by atoms with E-state index in [1.165, 1.54) is 44.6 Å². The second-order valence-corrected chi connectivity index (χ2v) is 8.61. The minimum Gasteiger partial charge on any atom is -0.492 e. The highest BCUT2D eigenvalue weighted by Gasteiger charge is 2.26. The van der Waals surface area contributed by atoms with Crippen molar-refractivity contribution in [2.45, 2.75) is 41.0 Å². The van der Waals surface area contributed by atoms with Crippen LogP contribution in [0, 0.1) is 34.6 Å². The number of ether oxygens (including phenoxy) is 1. The number of hydrogen-bond donors (Lipinski definition) is 0. The van der Waals surface area contributed by atoms with Crippen molar-refractivity contribution in [3.05, 3.63) is 82.3 Å². The highest BCUT2D eigenvalue weighted by molar-refractivity contribution is 5.78. The predicted molar refractivity (Wildman–Crippen MR) is 125 cm³/mol. The number of nitrogens with zero attached hydrogens (tertiary/aromatic N) is 3. The number of pyridine rings is 1. The summed E-state index contributed by atoms with van der Waals surface area (Å²) in [5, 5.41) is 0. The number of hydrogen-bond acceptors (Lipinski definition) is 3. The third-order valence-electron chi connectivity index (χ3n) is 6.13. The standard InChI is InChI=1S/C27H27N3O/c1-16-6-7-18(3)22(14-16)24-21-8-11-31-26(21)23(15-29-24)27-28-9-10-30(27)25-19(4)12-17(2)13-20(25)5/h6-7,9-10,12-15H,8,11H2,1-5H3. The fourth-order valence-electron chi connectivity index (χ4n) is 4.81. The van der Waals surface area contributed by atoms with Crippen LogP contribution >= 0.6 is 0 Å². The Hall–Kier alpha value is -3.40. The molecule has 31 heavy (non-hydrogen) atoms. The molecule has 0 amide bonds. The summed E-state index contributed by atoms with van der Waals surface area (Å²) in [4.78, 5) is 9.66. The largest absolute Gasteiger partial charge is 0.492 e. The van der Waals surface area contributed by atoms with Crippen molar-refractivity contribution in [3.63, 3.8) is 0 Å². The van der Waals surface area contributed by atoms with Gasteiger partial charge in [0.2, 0.25) is 0 Å². The third-order valence-corrected chi connectivity index (χ3v) is 6.13. The van der Waals surface area contributed by atoms with Gasteiger partial charge in [-0.05, 0) is 57.4 Å². The van der Waals surface area contributed by atoms with Crippen LogP contribution in [-0.2, 0) is 6.42 Å². The summed E-state index contributed by atoms with van der Waals surface area (Å²) in [5.74, 6) is 1.79. The summed E-state index contributed by atoms with van der Waals surface area (Å²) >= 11 is 0. The number of aryl methyl sites for hydroxylation is 5. The van der Waals surface area contributed by atoms with Crippen LogP contribution in [-0.4, -0.2) is 21.1 Å². The Labute approximate surface area is 183 Å². The summed E-state index contributed by atoms with van der Waals surface area (Å²) in [6.07, 6.45) is 6.68. The molecule has 0 radical (unpaired) electrons. The van der Waals surface area contributed by atoms with Gasteiger partial charge in [-0.2, -0.15) is 0 Å². The SMILES string of the molecule is Cc1cc(C)c(-n2ccnc2-c2cnc(-c3cc(C)ccc3C)c3c2OCC3)c(C)c1. The summed E-state index contributed by atoms with van der Waals surface area (Å²) in [5.41, 5.74) is 11.7. The first kappa shape index (κ1) is 19.6. The number of rotatable bonds is 3. The molecule has 3 heterocycles. The lowest BCUT2D eigenvalue weighted by molar-refractivity contribution is 0.357. The van der Waals surface area contributed by atoms with Crippen LogP contribution in [0.1, 0.15) is 33.4 Å². The first-order valence-corrected chi connectivity index (χ1v) is 10.8. The van der Waals surface area contributed by atoms with E-state index in [4.69, 9.17) is 14.7 Å². The maximum Gasteiger partial charge on any atom is 0.149 e. The summed E-state index contributed by atoms with van der Waals surface area (Å²) < 4.78 is 8.33. The van der Waals surface area contributed by atoms with Gasteiger partial charge >= 0.3 is 0 Å². The van der Waals surface area contributed by atoms with Crippen molar-refractivity contribution in [1.82, 2.24) is 14.5 Å². The second-order valence-electron chi connectivity index (χ2n) is 8.61. The van der Waals surface area contributed by atoms with Crippen LogP contribution < -0.4 is 4.74 Å². The molecule has 4 nitrogen and oxygen atoms in total. The first-order valence-electron chi connectivity index (χ1n) is 10.8. The lowest BCUT2D eigenvalue weighted by Crippen LogP contribution is -2.04. The first-order chi connectivity index (χ1) is 14.9. The van der Waals surface area contributed by atoms with Crippen LogP contribution in [0.4, 0.5) is 0 Å². The molecule has 1 aliphatic rings. The average Bonchev–Trinajstić information content (AvgIpc) is 3.38. The van der Waals surface area contributed by atoms with E-state index in [-0.39, 0.29) is 0 Å². The van der Waals surface area contributed by atoms with Gasteiger partial charge in [0.25, 0.3) is 0 Å². The smallest absolute Gasteiger partial charge is 0.149 e. The Morgan fingerprint density at radius 3 is 2.39 bits per heavy atom. The Kier molecular flexibility index (Phi) is 4.66. The molecule has 0 bridgehead atoms. The monoisotopic (exact) mass is 409 g/mol. The Morgan fingerprint density at radius 1 is 0.839 bits per heavy atom. The highest BCUT2D eigenvalue weighted by atomic mass is 16.5. The van der Waals surface area contributed by atoms with Crippen LogP contribution in [0.3, 0.4) is 0 Å². The zero-order valence-corrected chi connectivity index (χ0v) is 18.8. The molecular formula is C27H27N3O. The van der Waals surface area contributed by atoms with Crippen LogP contribution in [0.15, 0.2) is 48.9 Å². The van der Waals surface area contributed by atoms with E-state index in [1.807, 2.05) is 18.6 Å². The summed E-state index contributed by atoms with van der Waals surface area (Å²) in [6.45, 7) is 11.4. The zero-order chi connectivity index (χ0) is 21.7. The molecule has 0 N–H and O–H groups in total. The van der Waals surface area contributed by atoms with Crippen molar-refractivity contribution in [3.8, 4) is 34.1 Å². The molecule has 2 aromatic heterocycles. The molecule has 5 rings (SSSR count). The molecule has 2 aromatic carbocycles. The van der Waals surface area contributed by atoms with Gasteiger partial charge in [0, 0.05) is 36.1 Å². The summed E-state index contributed by atoms with van der Waals surface area (Å²) in [7, 11) is 0. The van der Waals surface area contributed by atoms with Crippen molar-refractivity contribution in [2.24, 2.45) is 0 Å². The van der Waals surface area contributed by atoms with Gasteiger partial charge in [-0.25, -0.2) is 4.98 Å². The Morgan fingerprint density at radius 2 is 1.61 bits per heavy atom. The molecule has 0 fully saturated rings. The zero-order valence-electron chi connectivity index (χ0n) is 18.8. The maximum absolute atomic E-state index is 6.16. The van der Waals surface area contributed by atoms with E-state index in [0.717, 1.165) is 29.3 Å². The van der Waals surface area contributed by atoms with Gasteiger partial charge in [-0.15, -0.1) is 0 Å². The van der Waals surface area contributed by atoms with E-state index in [0.29, 0.717) is 6.61 Å². The quantitative estimate of drug-likeness (QED) is 0.412. The van der Waals surface area contributed by atoms with E-state index >= 15 is 0 Å². The maximum atomic E-state index is 6.16. The van der Waals surface area contributed by atoms with E-state index in [2.05, 4.69) is 69.5 Å². The third kappa shape index (κ3) is 3.23. The van der Waals surface area contributed by atoms with Gasteiger partial charge in [0.05, 0.1) is 23.6 Å². The van der Waals surface area contributed by atoms with Gasteiger partial charge in [-0.3, -0.25) is 9.55 Å². The minimum absolute atomic E-state index is 0.676. The normalized spacial score (nSPS) is 12.7. The van der Waals surface area contributed by atoms with Crippen LogP contribution in [0.2, 0.25) is 0 Å². The fraction of sp³-hybridized carbons (Fsp3) is 0.259.